The van der Waals surface area contributed by atoms with Gasteiger partial charge in [-0.1, -0.05) is 104 Å². The number of hydrogen-bond acceptors (Lipinski definition) is 4. The van der Waals surface area contributed by atoms with Gasteiger partial charge in [-0.25, -0.2) is 4.79 Å². The van der Waals surface area contributed by atoms with Crippen LogP contribution >= 0.6 is 11.8 Å². The lowest BCUT2D eigenvalue weighted by molar-refractivity contribution is -0.122. The maximum absolute atomic E-state index is 13.1. The number of ether oxygens (including phenoxy) is 1. The van der Waals surface area contributed by atoms with Crippen molar-refractivity contribution in [3.8, 4) is 0 Å². The molecule has 0 aromatic heterocycles. The summed E-state index contributed by atoms with van der Waals surface area (Å²) in [4.78, 5) is 27.4. The Hall–Kier alpha value is -3.51. The van der Waals surface area contributed by atoms with E-state index >= 15 is 0 Å². The van der Waals surface area contributed by atoms with E-state index in [1.54, 1.807) is 6.08 Å². The number of likely N-dealkylation sites (tertiary alicyclic amines) is 1. The highest BCUT2D eigenvalue weighted by molar-refractivity contribution is 8.01. The van der Waals surface area contributed by atoms with Gasteiger partial charge < -0.3 is 15.0 Å². The smallest absolute Gasteiger partial charge is 0.410 e. The van der Waals surface area contributed by atoms with Crippen molar-refractivity contribution in [3.05, 3.63) is 120 Å². The van der Waals surface area contributed by atoms with Crippen molar-refractivity contribution in [1.29, 1.82) is 0 Å². The molecule has 2 saturated heterocycles. The zero-order valence-corrected chi connectivity index (χ0v) is 22.3. The van der Waals surface area contributed by atoms with Gasteiger partial charge in [-0.3, -0.25) is 4.79 Å². The molecule has 0 bridgehead atoms. The molecule has 1 unspecified atom stereocenters. The lowest BCUT2D eigenvalue weighted by Gasteiger charge is -2.37. The van der Waals surface area contributed by atoms with Crippen LogP contribution in [-0.2, 0) is 14.3 Å². The first-order chi connectivity index (χ1) is 18.6. The predicted octanol–water partition coefficient (Wildman–Crippen LogP) is 6.00. The Morgan fingerprint density at radius 2 is 1.53 bits per heavy atom. The normalized spacial score (nSPS) is 21.2. The fraction of sp³-hybridized carbons (Fsp3) is 0.312. The molecule has 3 aromatic carbocycles. The highest BCUT2D eigenvalue weighted by Crippen LogP contribution is 2.52. The van der Waals surface area contributed by atoms with Gasteiger partial charge in [0.1, 0.15) is 6.61 Å². The Morgan fingerprint density at radius 3 is 2.00 bits per heavy atom. The van der Waals surface area contributed by atoms with Gasteiger partial charge in [0.05, 0.1) is 4.75 Å². The molecule has 196 valence electrons. The van der Waals surface area contributed by atoms with Crippen molar-refractivity contribution in [1.82, 2.24) is 10.2 Å². The fourth-order valence-corrected chi connectivity index (χ4v) is 7.66. The predicted molar refractivity (Wildman–Crippen MR) is 153 cm³/mol. The summed E-state index contributed by atoms with van der Waals surface area (Å²) < 4.78 is 5.02. The minimum Gasteiger partial charge on any atom is -0.445 e. The minimum atomic E-state index is -0.467. The van der Waals surface area contributed by atoms with Crippen LogP contribution in [0.2, 0.25) is 0 Å². The Labute approximate surface area is 229 Å². The average molecular weight is 527 g/mol. The zero-order chi connectivity index (χ0) is 26.4. The third-order valence-corrected chi connectivity index (χ3v) is 9.27. The number of thioether (sulfide) groups is 1. The van der Waals surface area contributed by atoms with Crippen LogP contribution in [0.3, 0.4) is 0 Å². The van der Waals surface area contributed by atoms with E-state index in [1.165, 1.54) is 16.7 Å². The maximum atomic E-state index is 13.1. The molecule has 0 saturated carbocycles. The number of benzene rings is 3. The molecule has 2 fully saturated rings. The summed E-state index contributed by atoms with van der Waals surface area (Å²) in [6.07, 6.45) is 3.52. The summed E-state index contributed by atoms with van der Waals surface area (Å²) in [5.74, 6) is 0.0216. The maximum Gasteiger partial charge on any atom is 0.410 e. The monoisotopic (exact) mass is 526 g/mol. The summed E-state index contributed by atoms with van der Waals surface area (Å²) in [5.41, 5.74) is 3.59. The quantitative estimate of drug-likeness (QED) is 0.274. The lowest BCUT2D eigenvalue weighted by Crippen LogP contribution is -2.38. The molecule has 5 rings (SSSR count). The van der Waals surface area contributed by atoms with Crippen LogP contribution in [0, 0.1) is 5.92 Å². The first-order valence-electron chi connectivity index (χ1n) is 13.3. The first-order valence-corrected chi connectivity index (χ1v) is 14.2. The summed E-state index contributed by atoms with van der Waals surface area (Å²) in [6, 6.07) is 31.8. The summed E-state index contributed by atoms with van der Waals surface area (Å²) >= 11 is 1.90. The van der Waals surface area contributed by atoms with Crippen LogP contribution < -0.4 is 5.32 Å². The Kier molecular flexibility index (Phi) is 8.18. The molecule has 5 nitrogen and oxygen atoms in total. The van der Waals surface area contributed by atoms with E-state index in [4.69, 9.17) is 4.74 Å². The molecule has 0 aliphatic carbocycles. The van der Waals surface area contributed by atoms with Gasteiger partial charge in [0.15, 0.2) is 0 Å². The van der Waals surface area contributed by atoms with Gasteiger partial charge in [-0.05, 0) is 36.0 Å². The van der Waals surface area contributed by atoms with E-state index < -0.39 is 4.75 Å². The second-order valence-electron chi connectivity index (χ2n) is 9.94. The molecule has 0 radical (unpaired) electrons. The SMILES string of the molecule is C=CCOC(=O)N1C[C@@H](SC(c2ccccc2)(c2ccccc2)c2ccccc2)C[C@H]1CC1CCNC1=O. The third kappa shape index (κ3) is 5.37. The second-order valence-corrected chi connectivity index (χ2v) is 11.5. The fourth-order valence-electron chi connectivity index (χ4n) is 5.79. The minimum absolute atomic E-state index is 0.0568. The Balaban J connectivity index is 1.53. The van der Waals surface area contributed by atoms with Crippen molar-refractivity contribution >= 4 is 23.8 Å². The van der Waals surface area contributed by atoms with Gasteiger partial charge >= 0.3 is 6.09 Å². The van der Waals surface area contributed by atoms with Crippen molar-refractivity contribution in [3.63, 3.8) is 0 Å². The molecule has 6 heteroatoms. The average Bonchev–Trinajstić information content (AvgIpc) is 3.57. The van der Waals surface area contributed by atoms with E-state index in [0.29, 0.717) is 19.5 Å². The highest BCUT2D eigenvalue weighted by atomic mass is 32.2. The molecule has 2 aliphatic heterocycles. The van der Waals surface area contributed by atoms with Crippen molar-refractivity contribution in [2.75, 3.05) is 19.7 Å². The number of amides is 2. The number of nitrogens with zero attached hydrogens (tertiary/aromatic N) is 1. The van der Waals surface area contributed by atoms with Gasteiger partial charge in [-0.2, -0.15) is 0 Å². The van der Waals surface area contributed by atoms with E-state index in [-0.39, 0.29) is 35.8 Å². The Morgan fingerprint density at radius 1 is 0.974 bits per heavy atom. The number of nitrogens with one attached hydrogen (secondary N) is 1. The van der Waals surface area contributed by atoms with Crippen molar-refractivity contribution < 1.29 is 14.3 Å². The summed E-state index contributed by atoms with van der Waals surface area (Å²) in [7, 11) is 0. The van der Waals surface area contributed by atoms with Crippen molar-refractivity contribution in [2.45, 2.75) is 35.3 Å². The lowest BCUT2D eigenvalue weighted by atomic mass is 9.84. The third-order valence-electron chi connectivity index (χ3n) is 7.54. The Bertz CT molecular complexity index is 1140. The number of rotatable bonds is 9. The number of carbonyl (C=O) groups excluding carboxylic acids is 2. The van der Waals surface area contributed by atoms with Gasteiger partial charge in [0.25, 0.3) is 0 Å². The van der Waals surface area contributed by atoms with E-state index in [1.807, 2.05) is 34.9 Å². The van der Waals surface area contributed by atoms with Crippen LogP contribution in [0.25, 0.3) is 0 Å². The van der Waals surface area contributed by atoms with Gasteiger partial charge in [-0.15, -0.1) is 11.8 Å². The highest BCUT2D eigenvalue weighted by Gasteiger charge is 2.45. The standard InChI is InChI=1S/C32H34N2O3S/c1-2-20-37-31(36)34-23-29(22-28(34)21-24-18-19-33-30(24)35)38-32(25-12-6-3-7-13-25,26-14-8-4-9-15-26)27-16-10-5-11-17-27/h2-17,24,28-29H,1,18-23H2,(H,33,35)/t24?,28-,29+/m1/s1. The van der Waals surface area contributed by atoms with Crippen LogP contribution in [0.1, 0.15) is 36.0 Å². The van der Waals surface area contributed by atoms with E-state index in [0.717, 1.165) is 12.8 Å². The molecule has 3 aromatic rings. The van der Waals surface area contributed by atoms with E-state index in [2.05, 4.69) is 84.7 Å². The van der Waals surface area contributed by atoms with Crippen LogP contribution in [0.15, 0.2) is 104 Å². The first kappa shape index (κ1) is 26.1. The molecule has 0 spiro atoms. The number of carbonyl (C=O) groups is 2. The molecule has 2 heterocycles. The topological polar surface area (TPSA) is 58.6 Å². The van der Waals surface area contributed by atoms with Crippen LogP contribution in [0.4, 0.5) is 4.79 Å². The van der Waals surface area contributed by atoms with Gasteiger partial charge in [0.2, 0.25) is 5.91 Å². The summed E-state index contributed by atoms with van der Waals surface area (Å²) in [6.45, 7) is 5.12. The van der Waals surface area contributed by atoms with Gasteiger partial charge in [0, 0.05) is 30.3 Å². The number of hydrogen-bond donors (Lipinski definition) is 1. The molecule has 38 heavy (non-hydrogen) atoms. The molecule has 2 amide bonds. The van der Waals surface area contributed by atoms with Crippen molar-refractivity contribution in [2.24, 2.45) is 5.92 Å². The second kappa shape index (κ2) is 11.9. The largest absolute Gasteiger partial charge is 0.445 e. The molecule has 2 aliphatic rings. The van der Waals surface area contributed by atoms with Crippen LogP contribution in [-0.4, -0.2) is 47.9 Å². The molecule has 3 atom stereocenters. The molecule has 1 N–H and O–H groups in total. The molecular weight excluding hydrogens is 492 g/mol. The van der Waals surface area contributed by atoms with E-state index in [9.17, 15) is 9.59 Å². The summed E-state index contributed by atoms with van der Waals surface area (Å²) in [5, 5.41) is 3.08. The van der Waals surface area contributed by atoms with Crippen LogP contribution in [0.5, 0.6) is 0 Å². The zero-order valence-electron chi connectivity index (χ0n) is 21.5. The molecular formula is C32H34N2O3S.